The summed E-state index contributed by atoms with van der Waals surface area (Å²) in [7, 11) is 1.50. The number of hydrogen-bond donors (Lipinski definition) is 2. The van der Waals surface area contributed by atoms with E-state index in [4.69, 9.17) is 5.73 Å². The molecule has 1 aliphatic heterocycles. The highest BCUT2D eigenvalue weighted by atomic mass is 19.4. The van der Waals surface area contributed by atoms with Crippen molar-refractivity contribution in [1.82, 2.24) is 0 Å². The van der Waals surface area contributed by atoms with Crippen LogP contribution in [0, 0.1) is 11.8 Å². The van der Waals surface area contributed by atoms with Crippen LogP contribution >= 0.6 is 0 Å². The van der Waals surface area contributed by atoms with Crippen LogP contribution in [0.3, 0.4) is 0 Å². The molecule has 3 N–H and O–H groups in total. The molecule has 0 radical (unpaired) electrons. The van der Waals surface area contributed by atoms with E-state index in [-0.39, 0.29) is 11.6 Å². The fraction of sp³-hybridized carbons (Fsp3) is 0.500. The highest BCUT2D eigenvalue weighted by Gasteiger charge is 2.51. The molecule has 210 valence electrons. The van der Waals surface area contributed by atoms with Gasteiger partial charge in [0.1, 0.15) is 0 Å². The molecule has 0 bridgehead atoms. The number of unbranched alkanes of at least 4 members (excludes halogenated alkanes) is 1. The van der Waals surface area contributed by atoms with Gasteiger partial charge in [-0.05, 0) is 37.0 Å². The number of nitrogens with two attached hydrogens (primary N) is 1. The SMILES string of the molecule is CCCC[C@H](O)[C@@H](CC1CCCC1)C(=O)C1(N)N=C(c2ccc(C(F)(F)F)cc2)c2ccccc2N(C)C1=O. The van der Waals surface area contributed by atoms with Gasteiger partial charge in [0.15, 0.2) is 5.78 Å². The second kappa shape index (κ2) is 11.6. The van der Waals surface area contributed by atoms with Crippen LogP contribution in [0.15, 0.2) is 53.5 Å². The van der Waals surface area contributed by atoms with Gasteiger partial charge in [-0.3, -0.25) is 15.3 Å². The highest BCUT2D eigenvalue weighted by Crippen LogP contribution is 2.37. The number of carbonyl (C=O) groups is 2. The number of benzene rings is 2. The second-order valence-corrected chi connectivity index (χ2v) is 10.7. The third-order valence-electron chi connectivity index (χ3n) is 8.02. The van der Waals surface area contributed by atoms with E-state index >= 15 is 0 Å². The number of Topliss-reactive ketones (excluding diaryl/α,β-unsaturated/α-hetero) is 1. The van der Waals surface area contributed by atoms with E-state index in [1.54, 1.807) is 24.3 Å². The molecule has 9 heteroatoms. The topological polar surface area (TPSA) is 96.0 Å². The number of aliphatic hydroxyl groups excluding tert-OH is 1. The zero-order valence-corrected chi connectivity index (χ0v) is 22.4. The van der Waals surface area contributed by atoms with Crippen LogP contribution < -0.4 is 10.6 Å². The first-order chi connectivity index (χ1) is 18.5. The van der Waals surface area contributed by atoms with Crippen molar-refractivity contribution in [3.05, 3.63) is 65.2 Å². The summed E-state index contributed by atoms with van der Waals surface area (Å²) in [6, 6.07) is 11.2. The Kier molecular flexibility index (Phi) is 8.61. The molecule has 2 aliphatic rings. The maximum absolute atomic E-state index is 14.2. The van der Waals surface area contributed by atoms with Crippen LogP contribution in [-0.4, -0.2) is 41.3 Å². The number of likely N-dealkylation sites (N-methyl/N-ethyl adjacent to an activating group) is 1. The van der Waals surface area contributed by atoms with E-state index in [9.17, 15) is 27.9 Å². The first-order valence-electron chi connectivity index (χ1n) is 13.6. The Hall–Kier alpha value is -3.04. The lowest BCUT2D eigenvalue weighted by Gasteiger charge is -2.32. The molecule has 4 rings (SSSR count). The summed E-state index contributed by atoms with van der Waals surface area (Å²) < 4.78 is 39.7. The quantitative estimate of drug-likeness (QED) is 0.409. The molecule has 6 nitrogen and oxygen atoms in total. The number of aliphatic hydroxyl groups is 1. The average Bonchev–Trinajstić information content (AvgIpc) is 3.42. The van der Waals surface area contributed by atoms with Gasteiger partial charge in [-0.1, -0.05) is 75.8 Å². The van der Waals surface area contributed by atoms with E-state index in [1.165, 1.54) is 24.1 Å². The number of nitrogens with zero attached hydrogens (tertiary/aromatic N) is 2. The number of anilines is 1. The fourth-order valence-electron chi connectivity index (χ4n) is 5.75. The number of para-hydroxylation sites is 1. The van der Waals surface area contributed by atoms with Gasteiger partial charge in [-0.15, -0.1) is 0 Å². The van der Waals surface area contributed by atoms with E-state index < -0.39 is 41.1 Å². The molecule has 2 aromatic rings. The number of halogens is 3. The summed E-state index contributed by atoms with van der Waals surface area (Å²) in [6.45, 7) is 1.99. The molecular weight excluding hydrogens is 507 g/mol. The number of rotatable bonds is 9. The standard InChI is InChI=1S/C30H36F3N3O3/c1-3-4-13-25(37)23(18-19-9-5-6-10-19)27(38)29(34)28(39)36(2)24-12-8-7-11-22(24)26(35-29)20-14-16-21(17-15-20)30(31,32)33/h7-8,11-12,14-17,19,23,25,37H,3-6,9-10,13,18,34H2,1-2H3/t23-,25+,29?/m1/s1. The van der Waals surface area contributed by atoms with Gasteiger partial charge >= 0.3 is 6.18 Å². The Bertz CT molecular complexity index is 1220. The predicted molar refractivity (Wildman–Crippen MR) is 144 cm³/mol. The Morgan fingerprint density at radius 3 is 2.41 bits per heavy atom. The normalized spacial score (nSPS) is 21.8. The molecule has 1 saturated carbocycles. The zero-order chi connectivity index (χ0) is 28.4. The molecule has 1 heterocycles. The monoisotopic (exact) mass is 543 g/mol. The molecule has 0 saturated heterocycles. The number of carbonyl (C=O) groups excluding carboxylic acids is 2. The predicted octanol–water partition coefficient (Wildman–Crippen LogP) is 5.49. The molecule has 2 aromatic carbocycles. The Balaban J connectivity index is 1.83. The number of hydrogen-bond acceptors (Lipinski definition) is 5. The van der Waals surface area contributed by atoms with Crippen LogP contribution in [0.1, 0.15) is 75.0 Å². The Morgan fingerprint density at radius 1 is 1.15 bits per heavy atom. The smallest absolute Gasteiger partial charge is 0.392 e. The number of benzodiazepines with no additional fused rings is 1. The molecule has 1 unspecified atom stereocenters. The molecule has 3 atom stereocenters. The second-order valence-electron chi connectivity index (χ2n) is 10.7. The maximum Gasteiger partial charge on any atom is 0.416 e. The van der Waals surface area contributed by atoms with Gasteiger partial charge in [0, 0.05) is 24.1 Å². The van der Waals surface area contributed by atoms with Crippen LogP contribution in [0.2, 0.25) is 0 Å². The van der Waals surface area contributed by atoms with Crippen LogP contribution in [0.4, 0.5) is 18.9 Å². The maximum atomic E-state index is 14.2. The van der Waals surface area contributed by atoms with Crippen LogP contribution in [0.25, 0.3) is 0 Å². The molecular formula is C30H36F3N3O3. The number of fused-ring (bicyclic) bond motifs is 1. The van der Waals surface area contributed by atoms with E-state index in [1.807, 2.05) is 6.92 Å². The third-order valence-corrected chi connectivity index (χ3v) is 8.02. The minimum Gasteiger partial charge on any atom is -0.392 e. The number of aliphatic imine (C=N–C) groups is 1. The van der Waals surface area contributed by atoms with Gasteiger partial charge in [-0.2, -0.15) is 13.2 Å². The van der Waals surface area contributed by atoms with Crippen molar-refractivity contribution in [3.8, 4) is 0 Å². The molecule has 1 aliphatic carbocycles. The number of amides is 1. The minimum atomic E-state index is -4.52. The summed E-state index contributed by atoms with van der Waals surface area (Å²) in [4.78, 5) is 33.9. The average molecular weight is 544 g/mol. The minimum absolute atomic E-state index is 0.149. The first kappa shape index (κ1) is 29.0. The van der Waals surface area contributed by atoms with E-state index in [2.05, 4.69) is 4.99 Å². The van der Waals surface area contributed by atoms with Gasteiger partial charge in [0.2, 0.25) is 5.66 Å². The van der Waals surface area contributed by atoms with Crippen molar-refractivity contribution in [2.75, 3.05) is 11.9 Å². The summed E-state index contributed by atoms with van der Waals surface area (Å²) in [5, 5.41) is 11.1. The molecule has 39 heavy (non-hydrogen) atoms. The van der Waals surface area contributed by atoms with Crippen molar-refractivity contribution in [3.63, 3.8) is 0 Å². The summed E-state index contributed by atoms with van der Waals surface area (Å²) in [5.74, 6) is -2.05. The largest absolute Gasteiger partial charge is 0.416 e. The molecule has 1 fully saturated rings. The summed E-state index contributed by atoms with van der Waals surface area (Å²) in [5.41, 5.74) is 4.82. The van der Waals surface area contributed by atoms with Crippen LogP contribution in [-0.2, 0) is 15.8 Å². The summed E-state index contributed by atoms with van der Waals surface area (Å²) >= 11 is 0. The fourth-order valence-corrected chi connectivity index (χ4v) is 5.75. The van der Waals surface area contributed by atoms with Gasteiger partial charge in [0.05, 0.1) is 23.1 Å². The first-order valence-corrected chi connectivity index (χ1v) is 13.6. The number of alkyl halides is 3. The van der Waals surface area contributed by atoms with Gasteiger partial charge < -0.3 is 10.0 Å². The number of ketones is 1. The summed E-state index contributed by atoms with van der Waals surface area (Å²) in [6.07, 6.45) is 0.861. The van der Waals surface area contributed by atoms with Crippen LogP contribution in [0.5, 0.6) is 0 Å². The van der Waals surface area contributed by atoms with Crippen molar-refractivity contribution in [1.29, 1.82) is 0 Å². The Labute approximate surface area is 227 Å². The van der Waals surface area contributed by atoms with Crippen molar-refractivity contribution in [2.24, 2.45) is 22.6 Å². The lowest BCUT2D eigenvalue weighted by atomic mass is 9.80. The molecule has 1 amide bonds. The van der Waals surface area contributed by atoms with Crippen molar-refractivity contribution in [2.45, 2.75) is 76.2 Å². The van der Waals surface area contributed by atoms with Gasteiger partial charge in [0.25, 0.3) is 5.91 Å². The lowest BCUT2D eigenvalue weighted by Crippen LogP contribution is -2.61. The van der Waals surface area contributed by atoms with Crippen molar-refractivity contribution < 1.29 is 27.9 Å². The highest BCUT2D eigenvalue weighted by molar-refractivity contribution is 6.26. The van der Waals surface area contributed by atoms with E-state index in [0.717, 1.165) is 44.2 Å². The lowest BCUT2D eigenvalue weighted by molar-refractivity contribution is -0.140. The van der Waals surface area contributed by atoms with Gasteiger partial charge in [-0.25, -0.2) is 4.99 Å². The zero-order valence-electron chi connectivity index (χ0n) is 22.4. The Morgan fingerprint density at radius 2 is 1.79 bits per heavy atom. The molecule has 0 aromatic heterocycles. The third kappa shape index (κ3) is 5.94. The van der Waals surface area contributed by atoms with Crippen molar-refractivity contribution >= 4 is 23.1 Å². The van der Waals surface area contributed by atoms with E-state index in [0.29, 0.717) is 36.1 Å². The molecule has 0 spiro atoms.